The minimum atomic E-state index is -4.63. The van der Waals surface area contributed by atoms with Gasteiger partial charge in [-0.25, -0.2) is 9.37 Å². The molecule has 19 heavy (non-hydrogen) atoms. The van der Waals surface area contributed by atoms with Gasteiger partial charge in [0.15, 0.2) is 0 Å². The normalized spacial score (nSPS) is 11.6. The van der Waals surface area contributed by atoms with E-state index in [9.17, 15) is 22.4 Å². The number of aromatic nitrogens is 2. The van der Waals surface area contributed by atoms with Crippen LogP contribution in [0.4, 0.5) is 23.2 Å². The number of alkyl halides is 3. The highest BCUT2D eigenvalue weighted by Gasteiger charge is 2.31. The van der Waals surface area contributed by atoms with Crippen LogP contribution < -0.4 is 11.3 Å². The van der Waals surface area contributed by atoms with Crippen molar-refractivity contribution in [3.05, 3.63) is 46.3 Å². The second kappa shape index (κ2) is 4.38. The largest absolute Gasteiger partial charge is 0.416 e. The number of nitrogen functional groups attached to an aromatic ring is 1. The molecule has 1 heterocycles. The highest BCUT2D eigenvalue weighted by Crippen LogP contribution is 2.33. The average Bonchev–Trinajstić information content (AvgIpc) is 2.32. The van der Waals surface area contributed by atoms with Gasteiger partial charge in [-0.05, 0) is 18.2 Å². The number of hydrogen-bond acceptors (Lipinski definition) is 3. The van der Waals surface area contributed by atoms with Crippen LogP contribution in [0.3, 0.4) is 0 Å². The molecule has 0 aliphatic carbocycles. The Bertz CT molecular complexity index is 678. The molecule has 0 saturated carbocycles. The van der Waals surface area contributed by atoms with E-state index in [2.05, 4.69) is 9.97 Å². The fraction of sp³-hybridized carbons (Fsp3) is 0.0909. The van der Waals surface area contributed by atoms with Crippen molar-refractivity contribution in [2.45, 2.75) is 6.18 Å². The minimum absolute atomic E-state index is 0.327. The smallest absolute Gasteiger partial charge is 0.392 e. The predicted octanol–water partition coefficient (Wildman–Crippen LogP) is 2.18. The fourth-order valence-corrected chi connectivity index (χ4v) is 1.51. The highest BCUT2D eigenvalue weighted by atomic mass is 19.4. The number of nitrogens with zero attached hydrogens (tertiary/aromatic N) is 1. The molecule has 0 amide bonds. The fourth-order valence-electron chi connectivity index (χ4n) is 1.51. The Morgan fingerprint density at radius 1 is 1.26 bits per heavy atom. The maximum Gasteiger partial charge on any atom is 0.416 e. The molecule has 0 radical (unpaired) electrons. The number of anilines is 1. The number of rotatable bonds is 1. The number of halogens is 4. The van der Waals surface area contributed by atoms with Gasteiger partial charge in [0, 0.05) is 5.56 Å². The average molecular weight is 273 g/mol. The second-order valence-electron chi connectivity index (χ2n) is 3.69. The van der Waals surface area contributed by atoms with Gasteiger partial charge in [-0.1, -0.05) is 0 Å². The third kappa shape index (κ3) is 2.42. The first-order chi connectivity index (χ1) is 8.80. The molecule has 0 aliphatic heterocycles. The molecular formula is C11H7F4N3O. The lowest BCUT2D eigenvalue weighted by Gasteiger charge is -2.10. The summed E-state index contributed by atoms with van der Waals surface area (Å²) >= 11 is 0. The number of nitrogens with one attached hydrogen (secondary N) is 1. The summed E-state index contributed by atoms with van der Waals surface area (Å²) in [6, 6.07) is 1.82. The molecule has 0 atom stereocenters. The number of hydrogen-bond donors (Lipinski definition) is 2. The summed E-state index contributed by atoms with van der Waals surface area (Å²) in [5.41, 5.74) is 2.35. The Morgan fingerprint density at radius 3 is 2.58 bits per heavy atom. The van der Waals surface area contributed by atoms with Gasteiger partial charge in [0.1, 0.15) is 17.2 Å². The van der Waals surface area contributed by atoms with Gasteiger partial charge in [0.2, 0.25) is 0 Å². The van der Waals surface area contributed by atoms with Crippen LogP contribution in [-0.2, 0) is 6.18 Å². The summed E-state index contributed by atoms with van der Waals surface area (Å²) in [5, 5.41) is 0. The van der Waals surface area contributed by atoms with Crippen LogP contribution in [0, 0.1) is 5.82 Å². The Balaban J connectivity index is 2.68. The molecule has 0 aliphatic rings. The molecule has 1 aromatic carbocycles. The molecule has 3 N–H and O–H groups in total. The van der Waals surface area contributed by atoms with Crippen molar-refractivity contribution in [2.75, 3.05) is 5.73 Å². The SMILES string of the molecule is Nc1c(-c2cc(C(F)(F)F)ccc2F)nc[nH]c1=O. The summed E-state index contributed by atoms with van der Waals surface area (Å²) in [7, 11) is 0. The Morgan fingerprint density at radius 2 is 1.95 bits per heavy atom. The molecule has 0 unspecified atom stereocenters. The van der Waals surface area contributed by atoms with Crippen molar-refractivity contribution in [1.82, 2.24) is 9.97 Å². The first-order valence-electron chi connectivity index (χ1n) is 5.01. The molecular weight excluding hydrogens is 266 g/mol. The first-order valence-corrected chi connectivity index (χ1v) is 5.01. The molecule has 4 nitrogen and oxygen atoms in total. The molecule has 0 saturated heterocycles. The maximum atomic E-state index is 13.6. The zero-order chi connectivity index (χ0) is 14.2. The van der Waals surface area contributed by atoms with E-state index in [0.29, 0.717) is 18.2 Å². The zero-order valence-corrected chi connectivity index (χ0v) is 9.25. The third-order valence-corrected chi connectivity index (χ3v) is 2.44. The second-order valence-corrected chi connectivity index (χ2v) is 3.69. The van der Waals surface area contributed by atoms with E-state index in [-0.39, 0.29) is 5.69 Å². The minimum Gasteiger partial charge on any atom is -0.392 e. The molecule has 1 aromatic heterocycles. The monoisotopic (exact) mass is 273 g/mol. The van der Waals surface area contributed by atoms with Crippen molar-refractivity contribution in [1.29, 1.82) is 0 Å². The molecule has 100 valence electrons. The molecule has 2 aromatic rings. The molecule has 8 heteroatoms. The lowest BCUT2D eigenvalue weighted by atomic mass is 10.1. The van der Waals surface area contributed by atoms with Crippen molar-refractivity contribution in [3.8, 4) is 11.3 Å². The van der Waals surface area contributed by atoms with E-state index >= 15 is 0 Å². The van der Waals surface area contributed by atoms with Crippen molar-refractivity contribution < 1.29 is 17.6 Å². The summed E-state index contributed by atoms with van der Waals surface area (Å²) in [6.45, 7) is 0. The predicted molar refractivity (Wildman–Crippen MR) is 59.7 cm³/mol. The Labute approximate surface area is 103 Å². The molecule has 0 bridgehead atoms. The van der Waals surface area contributed by atoms with E-state index in [1.54, 1.807) is 0 Å². The summed E-state index contributed by atoms with van der Waals surface area (Å²) in [4.78, 5) is 17.0. The van der Waals surface area contributed by atoms with Crippen molar-refractivity contribution in [2.24, 2.45) is 0 Å². The van der Waals surface area contributed by atoms with Gasteiger partial charge in [-0.15, -0.1) is 0 Å². The third-order valence-electron chi connectivity index (χ3n) is 2.44. The molecule has 2 rings (SSSR count). The molecule has 0 fully saturated rings. The van der Waals surface area contributed by atoms with Gasteiger partial charge in [-0.3, -0.25) is 4.79 Å². The van der Waals surface area contributed by atoms with E-state index in [1.165, 1.54) is 0 Å². The standard InChI is InChI=1S/C11H7F4N3O/c12-7-2-1-5(11(13,14)15)3-6(7)9-8(16)10(19)18-4-17-9/h1-4H,16H2,(H,17,18,19). The van der Waals surface area contributed by atoms with Crippen LogP contribution in [0.25, 0.3) is 11.3 Å². The first kappa shape index (κ1) is 13.1. The van der Waals surface area contributed by atoms with E-state index in [1.807, 2.05) is 0 Å². The highest BCUT2D eigenvalue weighted by molar-refractivity contribution is 5.72. The van der Waals surface area contributed by atoms with E-state index in [4.69, 9.17) is 5.73 Å². The Hall–Kier alpha value is -2.38. The number of benzene rings is 1. The summed E-state index contributed by atoms with van der Waals surface area (Å²) in [5.74, 6) is -0.946. The summed E-state index contributed by atoms with van der Waals surface area (Å²) in [6.07, 6.45) is -3.69. The van der Waals surface area contributed by atoms with Crippen molar-refractivity contribution >= 4 is 5.69 Å². The quantitative estimate of drug-likeness (QED) is 0.782. The van der Waals surface area contributed by atoms with Crippen LogP contribution in [0.2, 0.25) is 0 Å². The Kier molecular flexibility index (Phi) is 3.01. The van der Waals surface area contributed by atoms with Crippen LogP contribution in [-0.4, -0.2) is 9.97 Å². The van der Waals surface area contributed by atoms with Gasteiger partial charge in [-0.2, -0.15) is 13.2 Å². The van der Waals surface area contributed by atoms with Crippen molar-refractivity contribution in [3.63, 3.8) is 0 Å². The molecule has 0 spiro atoms. The number of nitrogens with two attached hydrogens (primary N) is 1. The van der Waals surface area contributed by atoms with Gasteiger partial charge >= 0.3 is 6.18 Å². The number of H-pyrrole nitrogens is 1. The van der Waals surface area contributed by atoms with Crippen LogP contribution in [0.15, 0.2) is 29.3 Å². The maximum absolute atomic E-state index is 13.6. The van der Waals surface area contributed by atoms with Gasteiger partial charge in [0.05, 0.1) is 11.9 Å². The van der Waals surface area contributed by atoms with E-state index < -0.39 is 34.4 Å². The topological polar surface area (TPSA) is 71.8 Å². The number of aromatic amines is 1. The lowest BCUT2D eigenvalue weighted by molar-refractivity contribution is -0.137. The van der Waals surface area contributed by atoms with Crippen LogP contribution in [0.1, 0.15) is 5.56 Å². The van der Waals surface area contributed by atoms with Gasteiger partial charge in [0.25, 0.3) is 5.56 Å². The van der Waals surface area contributed by atoms with Crippen LogP contribution >= 0.6 is 0 Å². The van der Waals surface area contributed by atoms with Crippen LogP contribution in [0.5, 0.6) is 0 Å². The summed E-state index contributed by atoms with van der Waals surface area (Å²) < 4.78 is 51.2. The van der Waals surface area contributed by atoms with E-state index in [0.717, 1.165) is 6.33 Å². The zero-order valence-electron chi connectivity index (χ0n) is 9.25. The van der Waals surface area contributed by atoms with Gasteiger partial charge < -0.3 is 10.7 Å². The lowest BCUT2D eigenvalue weighted by Crippen LogP contribution is -2.14.